The van der Waals surface area contributed by atoms with Gasteiger partial charge in [-0.15, -0.1) is 0 Å². The standard InChI is InChI=1S/C33H37ClFN4O3S/c1-22(23-8-10-25(35)11-9-23)18-32(40)39(21-31-36-16-17-38(31)4)26-12-13-29-28(20-26)30(14-15-33(29,2)3)37-43(41,42)27-7-5-6-24(34)19-27/h5-13,16-17,19-20,22,30,34,37H,14-15,18,21H2,1-4H3/q+1/t22-,30+/m1/s1. The number of aryl methyl sites for hydroxylation is 1. The van der Waals surface area contributed by atoms with Crippen LogP contribution in [0.25, 0.3) is 0 Å². The number of nitrogens with one attached hydrogen (secondary N) is 1. The summed E-state index contributed by atoms with van der Waals surface area (Å²) in [4.78, 5) is 20.2. The Hall–Kier alpha value is -3.53. The number of carbonyl (C=O) groups is 1. The van der Waals surface area contributed by atoms with Crippen molar-refractivity contribution < 1.29 is 29.2 Å². The van der Waals surface area contributed by atoms with Gasteiger partial charge >= 0.3 is 0 Å². The summed E-state index contributed by atoms with van der Waals surface area (Å²) in [6, 6.07) is 18.0. The fourth-order valence-corrected chi connectivity index (χ4v) is 7.31. The molecule has 7 nitrogen and oxygen atoms in total. The number of halogens is 2. The van der Waals surface area contributed by atoms with Gasteiger partial charge in [-0.05, 0) is 71.2 Å². The van der Waals surface area contributed by atoms with Gasteiger partial charge in [-0.25, -0.2) is 22.5 Å². The molecule has 0 unspecified atom stereocenters. The Labute approximate surface area is 257 Å². The van der Waals surface area contributed by atoms with E-state index >= 15 is 0 Å². The minimum absolute atomic E-state index is 0.116. The second-order valence-corrected chi connectivity index (χ2v) is 14.1. The molecule has 1 aliphatic rings. The maximum atomic E-state index is 13.9. The van der Waals surface area contributed by atoms with Crippen molar-refractivity contribution in [2.24, 2.45) is 7.05 Å². The molecular formula is C33H37ClFN4O3S+. The summed E-state index contributed by atoms with van der Waals surface area (Å²) in [6.45, 7) is 6.49. The number of anilines is 1. The molecule has 0 saturated heterocycles. The molecule has 226 valence electrons. The van der Waals surface area contributed by atoms with Crippen LogP contribution in [-0.2, 0) is 33.8 Å². The van der Waals surface area contributed by atoms with E-state index in [1.165, 1.54) is 24.3 Å². The normalized spacial score (nSPS) is 16.8. The van der Waals surface area contributed by atoms with Crippen molar-refractivity contribution in [1.82, 2.24) is 14.3 Å². The summed E-state index contributed by atoms with van der Waals surface area (Å²) in [5.74, 6) is 0.127. The first-order chi connectivity index (χ1) is 20.3. The number of amides is 1. The first-order valence-electron chi connectivity index (χ1n) is 14.3. The van der Waals surface area contributed by atoms with E-state index in [0.29, 0.717) is 23.0 Å². The molecule has 10 heteroatoms. The summed E-state index contributed by atoms with van der Waals surface area (Å²) in [7, 11) is -1.97. The van der Waals surface area contributed by atoms with E-state index in [4.69, 9.17) is 11.6 Å². The molecule has 0 aliphatic heterocycles. The first kappa shape index (κ1) is 30.9. The van der Waals surface area contributed by atoms with E-state index in [1.807, 2.05) is 42.9 Å². The zero-order valence-electron chi connectivity index (χ0n) is 24.7. The van der Waals surface area contributed by atoms with E-state index in [1.54, 1.807) is 35.4 Å². The van der Waals surface area contributed by atoms with Crippen molar-refractivity contribution in [3.05, 3.63) is 112 Å². The van der Waals surface area contributed by atoms with Crippen molar-refractivity contribution in [1.29, 1.82) is 0 Å². The molecule has 5 rings (SSSR count). The van der Waals surface area contributed by atoms with Crippen molar-refractivity contribution in [3.63, 3.8) is 0 Å². The average Bonchev–Trinajstić information content (AvgIpc) is 3.37. The molecule has 3 aromatic carbocycles. The van der Waals surface area contributed by atoms with Gasteiger partial charge in [0.05, 0.1) is 11.4 Å². The third kappa shape index (κ3) is 6.84. The molecule has 1 aliphatic carbocycles. The molecule has 1 N–H and O–H groups in total. The van der Waals surface area contributed by atoms with Crippen LogP contribution in [0, 0.1) is 17.4 Å². The number of hydrogen-bond acceptors (Lipinski definition) is 4. The van der Waals surface area contributed by atoms with Crippen LogP contribution in [0.15, 0.2) is 84.0 Å². The summed E-state index contributed by atoms with van der Waals surface area (Å²) in [5.41, 5.74) is 3.23. The monoisotopic (exact) mass is 623 g/mol. The molecule has 0 radical (unpaired) electrons. The third-order valence-electron chi connectivity index (χ3n) is 8.36. The number of carbonyl (C=O) groups excluding carboxylic acids is 1. The molecular weight excluding hydrogens is 587 g/mol. The highest BCUT2D eigenvalue weighted by atomic mass is 35.5. The maximum absolute atomic E-state index is 13.9. The Morgan fingerprint density at radius 3 is 2.58 bits per heavy atom. The van der Waals surface area contributed by atoms with Gasteiger partial charge in [0.2, 0.25) is 21.0 Å². The second kappa shape index (κ2) is 12.2. The minimum Gasteiger partial charge on any atom is -0.337 e. The smallest absolute Gasteiger partial charge is 0.241 e. The molecule has 1 heterocycles. The Kier molecular flexibility index (Phi) is 8.79. The predicted molar refractivity (Wildman–Crippen MR) is 163 cm³/mol. The number of rotatable bonds is 9. The van der Waals surface area contributed by atoms with Crippen LogP contribution in [0.4, 0.5) is 10.1 Å². The number of hydrogen-bond donors (Lipinski definition) is 1. The van der Waals surface area contributed by atoms with Crippen molar-refractivity contribution >= 4 is 21.6 Å². The van der Waals surface area contributed by atoms with Crippen LogP contribution < -0.4 is 9.62 Å². The zero-order chi connectivity index (χ0) is 30.9. The fraction of sp³-hybridized carbons (Fsp3) is 0.333. The van der Waals surface area contributed by atoms with Gasteiger partial charge in [-0.2, -0.15) is 0 Å². The molecule has 1 aromatic heterocycles. The number of imidazole rings is 1. The Morgan fingerprint density at radius 2 is 1.91 bits per heavy atom. The molecule has 4 aromatic rings. The van der Waals surface area contributed by atoms with Crippen molar-refractivity contribution in [2.75, 3.05) is 4.90 Å². The SMILES string of the molecule is C[C@H](CC(=O)N(Cc1nccn1C)c1ccc2c(c1)[C@@H](NS(=O)(=O)c1cccc([ClH+])c1)CCC2(C)C)c1ccc(F)cc1. The van der Waals surface area contributed by atoms with Crippen LogP contribution in [0.1, 0.15) is 74.5 Å². The highest BCUT2D eigenvalue weighted by Crippen LogP contribution is 2.43. The highest BCUT2D eigenvalue weighted by molar-refractivity contribution is 7.89. The van der Waals surface area contributed by atoms with Crippen LogP contribution >= 0.6 is 0 Å². The number of aromatic nitrogens is 2. The lowest BCUT2D eigenvalue weighted by molar-refractivity contribution is -0.289. The predicted octanol–water partition coefficient (Wildman–Crippen LogP) is 6.07. The van der Waals surface area contributed by atoms with E-state index in [2.05, 4.69) is 23.6 Å². The van der Waals surface area contributed by atoms with Gasteiger partial charge in [0.1, 0.15) is 11.6 Å². The van der Waals surface area contributed by atoms with Gasteiger partial charge in [0.15, 0.2) is 11.6 Å². The van der Waals surface area contributed by atoms with E-state index in [9.17, 15) is 17.6 Å². The summed E-state index contributed by atoms with van der Waals surface area (Å²) in [5, 5.41) is 0.452. The average molecular weight is 624 g/mol. The van der Waals surface area contributed by atoms with E-state index < -0.39 is 16.1 Å². The number of fused-ring (bicyclic) bond motifs is 1. The fourth-order valence-electron chi connectivity index (χ4n) is 5.73. The van der Waals surface area contributed by atoms with Gasteiger partial charge in [-0.3, -0.25) is 4.79 Å². The van der Waals surface area contributed by atoms with Crippen molar-refractivity contribution in [3.8, 4) is 0 Å². The second-order valence-electron chi connectivity index (χ2n) is 11.9. The largest absolute Gasteiger partial charge is 0.337 e. The lowest BCUT2D eigenvalue weighted by atomic mass is 9.71. The van der Waals surface area contributed by atoms with Crippen LogP contribution in [0.3, 0.4) is 0 Å². The number of benzene rings is 3. The Bertz CT molecular complexity index is 1740. The quantitative estimate of drug-likeness (QED) is 0.245. The Balaban J connectivity index is 1.51. The molecule has 0 bridgehead atoms. The Morgan fingerprint density at radius 1 is 1.16 bits per heavy atom. The highest BCUT2D eigenvalue weighted by Gasteiger charge is 2.36. The molecule has 0 fully saturated rings. The molecule has 2 atom stereocenters. The van der Waals surface area contributed by atoms with E-state index in [0.717, 1.165) is 23.1 Å². The minimum atomic E-state index is -3.85. The number of sulfonamides is 1. The van der Waals surface area contributed by atoms with Crippen LogP contribution in [0.5, 0.6) is 0 Å². The van der Waals surface area contributed by atoms with Gasteiger partial charge in [0.25, 0.3) is 0 Å². The third-order valence-corrected chi connectivity index (χ3v) is 10.1. The summed E-state index contributed by atoms with van der Waals surface area (Å²) >= 11 is 5.21. The first-order valence-corrected chi connectivity index (χ1v) is 16.2. The number of nitrogens with zero attached hydrogens (tertiary/aromatic N) is 3. The topological polar surface area (TPSA) is 84.3 Å². The molecule has 0 saturated carbocycles. The van der Waals surface area contributed by atoms with Gasteiger partial charge in [0, 0.05) is 49.7 Å². The lowest BCUT2D eigenvalue weighted by Gasteiger charge is -2.38. The van der Waals surface area contributed by atoms with Gasteiger partial charge < -0.3 is 9.47 Å². The van der Waals surface area contributed by atoms with Gasteiger partial charge in [-0.1, -0.05) is 45.0 Å². The molecule has 0 spiro atoms. The zero-order valence-corrected chi connectivity index (χ0v) is 26.4. The summed E-state index contributed by atoms with van der Waals surface area (Å²) < 4.78 is 45.1. The van der Waals surface area contributed by atoms with Crippen LogP contribution in [0.2, 0.25) is 5.02 Å². The summed E-state index contributed by atoms with van der Waals surface area (Å²) in [6.07, 6.45) is 5.12. The molecule has 1 amide bonds. The lowest BCUT2D eigenvalue weighted by Crippen LogP contribution is -2.37. The maximum Gasteiger partial charge on any atom is 0.241 e. The molecule has 43 heavy (non-hydrogen) atoms. The van der Waals surface area contributed by atoms with Crippen molar-refractivity contribution in [2.45, 2.75) is 68.8 Å². The van der Waals surface area contributed by atoms with Crippen LogP contribution in [-0.4, -0.2) is 23.9 Å². The van der Waals surface area contributed by atoms with E-state index in [-0.39, 0.29) is 40.9 Å².